The molecule has 0 spiro atoms. The van der Waals surface area contributed by atoms with Crippen molar-refractivity contribution in [3.8, 4) is 11.4 Å². The van der Waals surface area contributed by atoms with Gasteiger partial charge in [-0.25, -0.2) is 19.2 Å². The number of hydrogen-bond acceptors (Lipinski definition) is 6. The highest BCUT2D eigenvalue weighted by Gasteiger charge is 2.25. The number of aromatic nitrogens is 4. The lowest BCUT2D eigenvalue weighted by molar-refractivity contribution is 0.0596. The van der Waals surface area contributed by atoms with Gasteiger partial charge in [-0.1, -0.05) is 72.3 Å². The van der Waals surface area contributed by atoms with Crippen molar-refractivity contribution in [2.75, 3.05) is 7.11 Å². The number of fused-ring (bicyclic) bond motifs is 1. The summed E-state index contributed by atoms with van der Waals surface area (Å²) in [6.07, 6.45) is 0. The van der Waals surface area contributed by atoms with Crippen molar-refractivity contribution >= 4 is 28.7 Å². The zero-order chi connectivity index (χ0) is 26.8. The highest BCUT2D eigenvalue weighted by Crippen LogP contribution is 2.25. The Morgan fingerprint density at radius 1 is 0.868 bits per heavy atom. The van der Waals surface area contributed by atoms with E-state index >= 15 is 0 Å². The molecule has 2 aromatic heterocycles. The normalized spacial score (nSPS) is 11.0. The molecule has 0 saturated heterocycles. The van der Waals surface area contributed by atoms with E-state index in [0.29, 0.717) is 0 Å². The average molecular weight is 531 g/mol. The number of methoxy groups -OCH3 is 1. The van der Waals surface area contributed by atoms with Crippen LogP contribution in [0.4, 0.5) is 4.39 Å². The van der Waals surface area contributed by atoms with Crippen molar-refractivity contribution in [1.29, 1.82) is 0 Å². The zero-order valence-corrected chi connectivity index (χ0v) is 20.9. The summed E-state index contributed by atoms with van der Waals surface area (Å²) in [4.78, 5) is 48.9. The molecule has 0 N–H and O–H groups in total. The number of carbonyl (C=O) groups is 1. The van der Waals surface area contributed by atoms with E-state index in [1.807, 2.05) is 12.1 Å². The minimum absolute atomic E-state index is 0.00361. The lowest BCUT2D eigenvalue weighted by Gasteiger charge is -2.17. The fourth-order valence-electron chi connectivity index (χ4n) is 4.14. The first-order chi connectivity index (χ1) is 18.4. The van der Waals surface area contributed by atoms with E-state index in [2.05, 4.69) is 9.97 Å². The molecular formula is C28H20ClFN4O4. The molecule has 10 heteroatoms. The molecule has 38 heavy (non-hydrogen) atoms. The van der Waals surface area contributed by atoms with E-state index in [1.54, 1.807) is 48.5 Å². The van der Waals surface area contributed by atoms with Gasteiger partial charge in [-0.05, 0) is 29.3 Å². The molecule has 0 unspecified atom stereocenters. The Balaban J connectivity index is 1.88. The van der Waals surface area contributed by atoms with Gasteiger partial charge in [-0.15, -0.1) is 0 Å². The highest BCUT2D eigenvalue weighted by atomic mass is 35.5. The van der Waals surface area contributed by atoms with Crippen LogP contribution in [-0.4, -0.2) is 32.2 Å². The van der Waals surface area contributed by atoms with Crippen LogP contribution in [0.2, 0.25) is 5.02 Å². The van der Waals surface area contributed by atoms with Gasteiger partial charge in [0.05, 0.1) is 25.2 Å². The van der Waals surface area contributed by atoms with Crippen molar-refractivity contribution in [3.63, 3.8) is 0 Å². The molecule has 5 aromatic rings. The van der Waals surface area contributed by atoms with Crippen molar-refractivity contribution < 1.29 is 13.9 Å². The van der Waals surface area contributed by atoms with Crippen molar-refractivity contribution in [3.05, 3.63) is 127 Å². The van der Waals surface area contributed by atoms with Crippen LogP contribution in [0.3, 0.4) is 0 Å². The van der Waals surface area contributed by atoms with Crippen LogP contribution in [-0.2, 0) is 17.8 Å². The number of carbonyl (C=O) groups excluding carboxylic acids is 1. The van der Waals surface area contributed by atoms with Crippen molar-refractivity contribution in [2.45, 2.75) is 13.1 Å². The second-order valence-electron chi connectivity index (χ2n) is 8.44. The van der Waals surface area contributed by atoms with Crippen LogP contribution >= 0.6 is 11.6 Å². The number of benzene rings is 3. The Kier molecular flexibility index (Phi) is 6.85. The first kappa shape index (κ1) is 25.0. The maximum atomic E-state index is 14.3. The van der Waals surface area contributed by atoms with Crippen LogP contribution in [0.25, 0.3) is 22.6 Å². The fraction of sp³-hybridized carbons (Fsp3) is 0.107. The minimum Gasteiger partial charge on any atom is -0.464 e. The Labute approximate surface area is 220 Å². The Hall–Kier alpha value is -4.63. The maximum absolute atomic E-state index is 14.3. The molecule has 190 valence electrons. The summed E-state index contributed by atoms with van der Waals surface area (Å²) >= 11 is 5.85. The van der Waals surface area contributed by atoms with Gasteiger partial charge >= 0.3 is 17.1 Å². The molecule has 0 saturated carbocycles. The Morgan fingerprint density at radius 3 is 2.03 bits per heavy atom. The second kappa shape index (κ2) is 10.4. The van der Waals surface area contributed by atoms with E-state index < -0.39 is 22.9 Å². The predicted molar refractivity (Wildman–Crippen MR) is 141 cm³/mol. The van der Waals surface area contributed by atoms with E-state index in [1.165, 1.54) is 28.4 Å². The summed E-state index contributed by atoms with van der Waals surface area (Å²) in [6.45, 7) is -0.0104. The van der Waals surface area contributed by atoms with Gasteiger partial charge in [0.15, 0.2) is 17.2 Å². The van der Waals surface area contributed by atoms with Crippen molar-refractivity contribution in [2.24, 2.45) is 0 Å². The van der Waals surface area contributed by atoms with Gasteiger partial charge in [0.1, 0.15) is 11.3 Å². The third-order valence-electron chi connectivity index (χ3n) is 5.99. The standard InChI is InChI=1S/C28H20ClFN4O4/c1-38-28(37)22-23-25(32-24(31-22)19-12-13-20(29)21(30)14-19)34(16-18-10-6-3-7-11-18)27(36)26(35)33(23)15-17-8-4-2-5-9-17/h2-14H,15-16H2,1H3. The molecule has 0 bridgehead atoms. The fourth-order valence-corrected chi connectivity index (χ4v) is 4.26. The predicted octanol–water partition coefficient (Wildman–Crippen LogP) is 4.30. The number of esters is 1. The third kappa shape index (κ3) is 4.71. The molecule has 3 aromatic carbocycles. The quantitative estimate of drug-likeness (QED) is 0.240. The minimum atomic E-state index is -0.851. The molecule has 5 rings (SSSR count). The molecule has 2 heterocycles. The topological polar surface area (TPSA) is 96.1 Å². The summed E-state index contributed by atoms with van der Waals surface area (Å²) in [6, 6.07) is 22.0. The molecule has 0 radical (unpaired) electrons. The molecule has 0 aliphatic heterocycles. The average Bonchev–Trinajstić information content (AvgIpc) is 2.95. The largest absolute Gasteiger partial charge is 0.464 e. The monoisotopic (exact) mass is 530 g/mol. The van der Waals surface area contributed by atoms with Gasteiger partial charge in [-0.3, -0.25) is 18.7 Å². The third-order valence-corrected chi connectivity index (χ3v) is 6.29. The van der Waals surface area contributed by atoms with Crippen LogP contribution in [0.1, 0.15) is 21.6 Å². The summed E-state index contributed by atoms with van der Waals surface area (Å²) in [5, 5.41) is -0.0968. The van der Waals surface area contributed by atoms with E-state index in [4.69, 9.17) is 16.3 Å². The summed E-state index contributed by atoms with van der Waals surface area (Å²) in [5.41, 5.74) is -0.203. The van der Waals surface area contributed by atoms with E-state index in [9.17, 15) is 18.8 Å². The maximum Gasteiger partial charge on any atom is 0.359 e. The van der Waals surface area contributed by atoms with Crippen molar-refractivity contribution in [1.82, 2.24) is 19.1 Å². The number of hydrogen-bond donors (Lipinski definition) is 0. The lowest BCUT2D eigenvalue weighted by Crippen LogP contribution is -2.43. The molecule has 8 nitrogen and oxygen atoms in total. The molecule has 0 atom stereocenters. The van der Waals surface area contributed by atoms with E-state index in [0.717, 1.165) is 17.2 Å². The smallest absolute Gasteiger partial charge is 0.359 e. The van der Waals surface area contributed by atoms with Crippen LogP contribution in [0.15, 0.2) is 88.5 Å². The Morgan fingerprint density at radius 2 is 1.45 bits per heavy atom. The van der Waals surface area contributed by atoms with Gasteiger partial charge in [0.25, 0.3) is 0 Å². The summed E-state index contributed by atoms with van der Waals surface area (Å²) in [5.74, 6) is -1.60. The number of halogens is 2. The second-order valence-corrected chi connectivity index (χ2v) is 8.85. The zero-order valence-electron chi connectivity index (χ0n) is 20.1. The van der Waals surface area contributed by atoms with Crippen LogP contribution in [0, 0.1) is 5.82 Å². The van der Waals surface area contributed by atoms with Crippen LogP contribution in [0.5, 0.6) is 0 Å². The summed E-state index contributed by atoms with van der Waals surface area (Å²) in [7, 11) is 1.18. The number of ether oxygens (including phenoxy) is 1. The molecule has 0 amide bonds. The lowest BCUT2D eigenvalue weighted by atomic mass is 10.1. The molecule has 0 fully saturated rings. The first-order valence-electron chi connectivity index (χ1n) is 11.5. The summed E-state index contributed by atoms with van der Waals surface area (Å²) < 4.78 is 21.7. The molecular weight excluding hydrogens is 511 g/mol. The SMILES string of the molecule is COC(=O)c1nc(-c2ccc(Cl)c(F)c2)nc2c1n(Cc1ccccc1)c(=O)c(=O)n2Cc1ccccc1. The molecule has 0 aliphatic rings. The molecule has 0 aliphatic carbocycles. The van der Waals surface area contributed by atoms with Gasteiger partial charge in [0, 0.05) is 5.56 Å². The van der Waals surface area contributed by atoms with Gasteiger partial charge in [0.2, 0.25) is 0 Å². The first-order valence-corrected chi connectivity index (χ1v) is 11.9. The van der Waals surface area contributed by atoms with Gasteiger partial charge in [-0.2, -0.15) is 0 Å². The van der Waals surface area contributed by atoms with Gasteiger partial charge < -0.3 is 4.74 Å². The highest BCUT2D eigenvalue weighted by molar-refractivity contribution is 6.30. The Bertz CT molecular complexity index is 1790. The van der Waals surface area contributed by atoms with E-state index in [-0.39, 0.29) is 46.4 Å². The van der Waals surface area contributed by atoms with Crippen LogP contribution < -0.4 is 11.1 Å². The number of nitrogens with zero attached hydrogens (tertiary/aromatic N) is 4. The number of rotatable bonds is 6.